The number of likely N-dealkylation sites (tertiary alicyclic amines) is 1. The Morgan fingerprint density at radius 1 is 1.28 bits per heavy atom. The molecule has 0 bridgehead atoms. The summed E-state index contributed by atoms with van der Waals surface area (Å²) in [6, 6.07) is 4.77. The van der Waals surface area contributed by atoms with E-state index >= 15 is 0 Å². The van der Waals surface area contributed by atoms with E-state index in [1.807, 2.05) is 6.92 Å². The zero-order valence-electron chi connectivity index (χ0n) is 11.5. The number of piperidine rings is 1. The highest BCUT2D eigenvalue weighted by Crippen LogP contribution is 2.27. The van der Waals surface area contributed by atoms with Crippen molar-refractivity contribution in [1.29, 1.82) is 0 Å². The standard InChI is InChI=1S/C14H23N3O/c1-10-4-5-11(2)17(10)13-6-8-16(9-7-13)12(3)14(15)18/h4-5,12-13H,6-9H2,1-3H3,(H2,15,18)/t12-/m0/s1. The van der Waals surface area contributed by atoms with Crippen LogP contribution in [0.5, 0.6) is 0 Å². The normalized spacial score (nSPS) is 19.9. The Hall–Kier alpha value is -1.29. The average molecular weight is 249 g/mol. The number of rotatable bonds is 3. The van der Waals surface area contributed by atoms with Gasteiger partial charge < -0.3 is 10.3 Å². The van der Waals surface area contributed by atoms with Gasteiger partial charge in [-0.05, 0) is 45.7 Å². The van der Waals surface area contributed by atoms with Gasteiger partial charge in [0.05, 0.1) is 6.04 Å². The summed E-state index contributed by atoms with van der Waals surface area (Å²) in [5.41, 5.74) is 8.01. The van der Waals surface area contributed by atoms with Crippen LogP contribution in [-0.4, -0.2) is 34.5 Å². The Kier molecular flexibility index (Phi) is 3.76. The van der Waals surface area contributed by atoms with Gasteiger partial charge in [-0.3, -0.25) is 9.69 Å². The molecular weight excluding hydrogens is 226 g/mol. The van der Waals surface area contributed by atoms with E-state index in [4.69, 9.17) is 5.73 Å². The van der Waals surface area contributed by atoms with E-state index < -0.39 is 0 Å². The molecule has 1 aromatic heterocycles. The second-order valence-electron chi connectivity index (χ2n) is 5.33. The third-order valence-corrected chi connectivity index (χ3v) is 4.15. The Balaban J connectivity index is 2.01. The number of aryl methyl sites for hydroxylation is 2. The molecule has 0 unspecified atom stereocenters. The molecule has 4 heteroatoms. The molecule has 0 saturated carbocycles. The van der Waals surface area contributed by atoms with Crippen molar-refractivity contribution in [3.05, 3.63) is 23.5 Å². The Labute approximate surface area is 109 Å². The molecule has 1 saturated heterocycles. The van der Waals surface area contributed by atoms with Gasteiger partial charge in [-0.25, -0.2) is 0 Å². The summed E-state index contributed by atoms with van der Waals surface area (Å²) >= 11 is 0. The molecule has 2 N–H and O–H groups in total. The second kappa shape index (κ2) is 5.14. The number of carbonyl (C=O) groups excluding carboxylic acids is 1. The van der Waals surface area contributed by atoms with Crippen molar-refractivity contribution in [2.45, 2.75) is 45.7 Å². The largest absolute Gasteiger partial charge is 0.368 e. The number of primary amides is 1. The number of nitrogens with two attached hydrogens (primary N) is 1. The molecule has 1 amide bonds. The minimum Gasteiger partial charge on any atom is -0.368 e. The lowest BCUT2D eigenvalue weighted by Gasteiger charge is -2.36. The van der Waals surface area contributed by atoms with Crippen molar-refractivity contribution in [3.63, 3.8) is 0 Å². The smallest absolute Gasteiger partial charge is 0.234 e. The van der Waals surface area contributed by atoms with E-state index in [2.05, 4.69) is 35.4 Å². The Morgan fingerprint density at radius 2 is 1.78 bits per heavy atom. The SMILES string of the molecule is Cc1ccc(C)n1C1CCN([C@@H](C)C(N)=O)CC1. The summed E-state index contributed by atoms with van der Waals surface area (Å²) in [5, 5.41) is 0. The van der Waals surface area contributed by atoms with Crippen molar-refractivity contribution in [3.8, 4) is 0 Å². The first-order valence-electron chi connectivity index (χ1n) is 6.68. The summed E-state index contributed by atoms with van der Waals surface area (Å²) < 4.78 is 2.42. The molecule has 0 radical (unpaired) electrons. The number of nitrogens with zero attached hydrogens (tertiary/aromatic N) is 2. The number of hydrogen-bond donors (Lipinski definition) is 1. The maximum Gasteiger partial charge on any atom is 0.234 e. The first-order chi connectivity index (χ1) is 8.50. The fraction of sp³-hybridized carbons (Fsp3) is 0.643. The molecular formula is C14H23N3O. The Morgan fingerprint density at radius 3 is 2.22 bits per heavy atom. The van der Waals surface area contributed by atoms with Gasteiger partial charge >= 0.3 is 0 Å². The number of carbonyl (C=O) groups is 1. The molecule has 1 fully saturated rings. The highest BCUT2D eigenvalue weighted by atomic mass is 16.1. The second-order valence-corrected chi connectivity index (χ2v) is 5.33. The van der Waals surface area contributed by atoms with Gasteiger partial charge in [0.2, 0.25) is 5.91 Å². The van der Waals surface area contributed by atoms with Gasteiger partial charge in [0, 0.05) is 30.5 Å². The summed E-state index contributed by atoms with van der Waals surface area (Å²) in [5.74, 6) is -0.221. The molecule has 2 rings (SSSR count). The van der Waals surface area contributed by atoms with E-state index in [-0.39, 0.29) is 11.9 Å². The van der Waals surface area contributed by atoms with E-state index in [0.29, 0.717) is 6.04 Å². The molecule has 100 valence electrons. The molecule has 2 heterocycles. The third-order valence-electron chi connectivity index (χ3n) is 4.15. The average Bonchev–Trinajstić information content (AvgIpc) is 2.68. The van der Waals surface area contributed by atoms with Crippen LogP contribution in [0, 0.1) is 13.8 Å². The van der Waals surface area contributed by atoms with Crippen molar-refractivity contribution in [1.82, 2.24) is 9.47 Å². The first kappa shape index (κ1) is 13.1. The Bertz CT molecular complexity index is 411. The van der Waals surface area contributed by atoms with Gasteiger partial charge in [-0.15, -0.1) is 0 Å². The third kappa shape index (κ3) is 2.43. The molecule has 0 aliphatic carbocycles. The fourth-order valence-electron chi connectivity index (χ4n) is 2.97. The van der Waals surface area contributed by atoms with Crippen LogP contribution in [-0.2, 0) is 4.79 Å². The monoisotopic (exact) mass is 249 g/mol. The highest BCUT2D eigenvalue weighted by molar-refractivity contribution is 5.79. The van der Waals surface area contributed by atoms with Crippen molar-refractivity contribution < 1.29 is 4.79 Å². The predicted octanol–water partition coefficient (Wildman–Crippen LogP) is 1.62. The van der Waals surface area contributed by atoms with E-state index in [1.54, 1.807) is 0 Å². The van der Waals surface area contributed by atoms with E-state index in [0.717, 1.165) is 25.9 Å². The van der Waals surface area contributed by atoms with Crippen LogP contribution in [0.3, 0.4) is 0 Å². The minimum atomic E-state index is -0.221. The fourth-order valence-corrected chi connectivity index (χ4v) is 2.97. The summed E-state index contributed by atoms with van der Waals surface area (Å²) in [4.78, 5) is 13.4. The topological polar surface area (TPSA) is 51.3 Å². The van der Waals surface area contributed by atoms with Crippen LogP contribution in [0.1, 0.15) is 37.2 Å². The van der Waals surface area contributed by atoms with Gasteiger partial charge in [0.25, 0.3) is 0 Å². The number of hydrogen-bond acceptors (Lipinski definition) is 2. The van der Waals surface area contributed by atoms with Gasteiger partial charge in [0.15, 0.2) is 0 Å². The lowest BCUT2D eigenvalue weighted by atomic mass is 10.0. The number of aromatic nitrogens is 1. The summed E-state index contributed by atoms with van der Waals surface area (Å²) in [6.45, 7) is 8.11. The van der Waals surface area contributed by atoms with Crippen molar-refractivity contribution >= 4 is 5.91 Å². The van der Waals surface area contributed by atoms with E-state index in [9.17, 15) is 4.79 Å². The molecule has 1 aliphatic heterocycles. The maximum atomic E-state index is 11.2. The van der Waals surface area contributed by atoms with Gasteiger partial charge in [-0.1, -0.05) is 0 Å². The summed E-state index contributed by atoms with van der Waals surface area (Å²) in [7, 11) is 0. The maximum absolute atomic E-state index is 11.2. The van der Waals surface area contributed by atoms with Gasteiger partial charge in [0.1, 0.15) is 0 Å². The molecule has 4 nitrogen and oxygen atoms in total. The van der Waals surface area contributed by atoms with Gasteiger partial charge in [-0.2, -0.15) is 0 Å². The quantitative estimate of drug-likeness (QED) is 0.885. The molecule has 0 aromatic carbocycles. The van der Waals surface area contributed by atoms with Crippen LogP contribution in [0.25, 0.3) is 0 Å². The predicted molar refractivity (Wildman–Crippen MR) is 72.4 cm³/mol. The molecule has 1 aliphatic rings. The zero-order valence-corrected chi connectivity index (χ0v) is 11.5. The zero-order chi connectivity index (χ0) is 13.3. The minimum absolute atomic E-state index is 0.141. The highest BCUT2D eigenvalue weighted by Gasteiger charge is 2.26. The first-order valence-corrected chi connectivity index (χ1v) is 6.68. The lowest BCUT2D eigenvalue weighted by molar-refractivity contribution is -0.123. The molecule has 1 aromatic rings. The van der Waals surface area contributed by atoms with Crippen LogP contribution in [0.4, 0.5) is 0 Å². The molecule has 18 heavy (non-hydrogen) atoms. The van der Waals surface area contributed by atoms with Crippen LogP contribution in [0.2, 0.25) is 0 Å². The molecule has 1 atom stereocenters. The van der Waals surface area contributed by atoms with Crippen molar-refractivity contribution in [2.75, 3.05) is 13.1 Å². The van der Waals surface area contributed by atoms with Crippen LogP contribution in [0.15, 0.2) is 12.1 Å². The van der Waals surface area contributed by atoms with Crippen molar-refractivity contribution in [2.24, 2.45) is 5.73 Å². The van der Waals surface area contributed by atoms with E-state index in [1.165, 1.54) is 11.4 Å². The van der Waals surface area contributed by atoms with Crippen LogP contribution >= 0.6 is 0 Å². The molecule has 0 spiro atoms. The summed E-state index contributed by atoms with van der Waals surface area (Å²) in [6.07, 6.45) is 2.18. The lowest BCUT2D eigenvalue weighted by Crippen LogP contribution is -2.46. The number of amides is 1. The van der Waals surface area contributed by atoms with Crippen LogP contribution < -0.4 is 5.73 Å².